The number of carbonyl (C=O) groups excluding carboxylic acids is 1. The van der Waals surface area contributed by atoms with Crippen LogP contribution in [0.1, 0.15) is 11.1 Å². The van der Waals surface area contributed by atoms with Crippen molar-refractivity contribution >= 4 is 17.9 Å². The Morgan fingerprint density at radius 2 is 2.27 bits per heavy atom. The fourth-order valence-electron chi connectivity index (χ4n) is 0.900. The number of hydrogen-bond acceptors (Lipinski definition) is 1. The minimum atomic E-state index is 0.345. The van der Waals surface area contributed by atoms with Gasteiger partial charge < -0.3 is 0 Å². The molecule has 0 atom stereocenters. The molecule has 0 amide bonds. The fourth-order valence-corrected chi connectivity index (χ4v) is 1.02. The Morgan fingerprint density at radius 3 is 2.82 bits per heavy atom. The van der Waals surface area contributed by atoms with Crippen LogP contribution < -0.4 is 0 Å². The van der Waals surface area contributed by atoms with Crippen molar-refractivity contribution in [2.75, 3.05) is 0 Å². The van der Waals surface area contributed by atoms with Gasteiger partial charge in [0.2, 0.25) is 6.29 Å². The normalized spacial score (nSPS) is 9.64. The van der Waals surface area contributed by atoms with Crippen molar-refractivity contribution in [3.05, 3.63) is 34.3 Å². The van der Waals surface area contributed by atoms with E-state index < -0.39 is 0 Å². The molecular formula is C9H8ClO. The number of rotatable bonds is 2. The van der Waals surface area contributed by atoms with E-state index in [0.717, 1.165) is 16.1 Å². The van der Waals surface area contributed by atoms with Crippen LogP contribution in [0, 0.1) is 6.92 Å². The molecule has 0 aromatic heterocycles. The monoisotopic (exact) mass is 167 g/mol. The van der Waals surface area contributed by atoms with Gasteiger partial charge in [-0.1, -0.05) is 23.7 Å². The second-order valence-corrected chi connectivity index (χ2v) is 2.81. The Labute approximate surface area is 71.0 Å². The van der Waals surface area contributed by atoms with Crippen LogP contribution in [0.3, 0.4) is 0 Å². The molecule has 0 aliphatic rings. The van der Waals surface area contributed by atoms with Crippen LogP contribution in [0.4, 0.5) is 0 Å². The zero-order valence-electron chi connectivity index (χ0n) is 6.23. The van der Waals surface area contributed by atoms with Gasteiger partial charge in [0.25, 0.3) is 0 Å². The van der Waals surface area contributed by atoms with E-state index in [9.17, 15) is 4.79 Å². The first kappa shape index (κ1) is 8.28. The van der Waals surface area contributed by atoms with Gasteiger partial charge in [-0.25, -0.2) is 0 Å². The summed E-state index contributed by atoms with van der Waals surface area (Å²) in [6.45, 7) is 1.91. The van der Waals surface area contributed by atoms with Crippen LogP contribution in [0.15, 0.2) is 18.2 Å². The molecule has 0 fully saturated rings. The molecule has 0 spiro atoms. The zero-order chi connectivity index (χ0) is 8.27. The lowest BCUT2D eigenvalue weighted by atomic mass is 10.1. The maximum Gasteiger partial charge on any atom is 0.203 e. The highest BCUT2D eigenvalue weighted by Crippen LogP contribution is 2.15. The molecule has 0 heterocycles. The highest BCUT2D eigenvalue weighted by Gasteiger charge is 1.96. The maximum absolute atomic E-state index is 10.0. The highest BCUT2D eigenvalue weighted by atomic mass is 35.5. The summed E-state index contributed by atoms with van der Waals surface area (Å²) >= 11 is 5.78. The molecule has 0 N–H and O–H groups in total. The second kappa shape index (κ2) is 3.54. The van der Waals surface area contributed by atoms with Gasteiger partial charge in [0.1, 0.15) is 0 Å². The van der Waals surface area contributed by atoms with Crippen LogP contribution >= 0.6 is 11.6 Å². The SMILES string of the molecule is Cc1cc(C[C]=O)ccc1Cl. The predicted octanol–water partition coefficient (Wildman–Crippen LogP) is 2.30. The van der Waals surface area contributed by atoms with E-state index in [-0.39, 0.29) is 0 Å². The summed E-state index contributed by atoms with van der Waals surface area (Å²) < 4.78 is 0. The van der Waals surface area contributed by atoms with Gasteiger partial charge in [-0.15, -0.1) is 0 Å². The van der Waals surface area contributed by atoms with Crippen molar-refractivity contribution < 1.29 is 4.79 Å². The zero-order valence-corrected chi connectivity index (χ0v) is 6.98. The molecule has 57 valence electrons. The average Bonchev–Trinajstić information content (AvgIpc) is 1.98. The quantitative estimate of drug-likeness (QED) is 0.661. The summed E-state index contributed by atoms with van der Waals surface area (Å²) in [6, 6.07) is 5.52. The van der Waals surface area contributed by atoms with Crippen molar-refractivity contribution in [3.8, 4) is 0 Å². The molecule has 1 aromatic carbocycles. The molecule has 1 nitrogen and oxygen atoms in total. The van der Waals surface area contributed by atoms with Crippen LogP contribution in [-0.4, -0.2) is 6.29 Å². The van der Waals surface area contributed by atoms with Crippen molar-refractivity contribution in [1.82, 2.24) is 0 Å². The lowest BCUT2D eigenvalue weighted by molar-refractivity contribution is 0.555. The highest BCUT2D eigenvalue weighted by molar-refractivity contribution is 6.31. The maximum atomic E-state index is 10.0. The molecule has 0 bridgehead atoms. The van der Waals surface area contributed by atoms with Gasteiger partial charge >= 0.3 is 0 Å². The third-order valence-corrected chi connectivity index (χ3v) is 1.92. The van der Waals surface area contributed by atoms with Crippen LogP contribution in [-0.2, 0) is 11.2 Å². The minimum Gasteiger partial charge on any atom is -0.291 e. The summed E-state index contributed by atoms with van der Waals surface area (Å²) in [5, 5.41) is 0.736. The fraction of sp³-hybridized carbons (Fsp3) is 0.222. The first-order chi connectivity index (χ1) is 5.24. The van der Waals surface area contributed by atoms with Crippen molar-refractivity contribution in [2.45, 2.75) is 13.3 Å². The van der Waals surface area contributed by atoms with Gasteiger partial charge in [0.05, 0.1) is 0 Å². The summed E-state index contributed by atoms with van der Waals surface area (Å²) in [4.78, 5) is 10.0. The molecule has 1 rings (SSSR count). The van der Waals surface area contributed by atoms with Crippen LogP contribution in [0.2, 0.25) is 5.02 Å². The Balaban J connectivity index is 2.95. The number of aryl methyl sites for hydroxylation is 1. The van der Waals surface area contributed by atoms with Crippen LogP contribution in [0.5, 0.6) is 0 Å². The third kappa shape index (κ3) is 2.05. The van der Waals surface area contributed by atoms with Crippen molar-refractivity contribution in [2.24, 2.45) is 0 Å². The summed E-state index contributed by atoms with van der Waals surface area (Å²) in [5.74, 6) is 0. The lowest BCUT2D eigenvalue weighted by Crippen LogP contribution is -1.86. The Morgan fingerprint density at radius 1 is 1.55 bits per heavy atom. The summed E-state index contributed by atoms with van der Waals surface area (Å²) in [5.41, 5.74) is 1.96. The Hall–Kier alpha value is -0.820. The molecular weight excluding hydrogens is 160 g/mol. The van der Waals surface area contributed by atoms with Gasteiger partial charge in [-0.3, -0.25) is 4.79 Å². The third-order valence-electron chi connectivity index (χ3n) is 1.50. The van der Waals surface area contributed by atoms with Crippen LogP contribution in [0.25, 0.3) is 0 Å². The number of benzene rings is 1. The van der Waals surface area contributed by atoms with E-state index in [1.807, 2.05) is 25.3 Å². The first-order valence-corrected chi connectivity index (χ1v) is 3.72. The Bertz CT molecular complexity index is 268. The van der Waals surface area contributed by atoms with Gasteiger partial charge in [-0.2, -0.15) is 0 Å². The van der Waals surface area contributed by atoms with E-state index in [1.165, 1.54) is 0 Å². The molecule has 1 aromatic rings. The van der Waals surface area contributed by atoms with E-state index in [2.05, 4.69) is 0 Å². The topological polar surface area (TPSA) is 17.1 Å². The smallest absolute Gasteiger partial charge is 0.203 e. The lowest BCUT2D eigenvalue weighted by Gasteiger charge is -1.98. The average molecular weight is 168 g/mol. The molecule has 11 heavy (non-hydrogen) atoms. The number of hydrogen-bond donors (Lipinski definition) is 0. The minimum absolute atomic E-state index is 0.345. The standard InChI is InChI=1S/C9H8ClO/c1-7-6-8(4-5-11)2-3-9(7)10/h2-3,6H,4H2,1H3. The van der Waals surface area contributed by atoms with Gasteiger partial charge in [0.15, 0.2) is 0 Å². The number of halogens is 1. The molecule has 2 heteroatoms. The molecule has 0 aliphatic carbocycles. The Kier molecular flexibility index (Phi) is 2.66. The van der Waals surface area contributed by atoms with E-state index in [1.54, 1.807) is 6.07 Å². The van der Waals surface area contributed by atoms with Gasteiger partial charge in [0, 0.05) is 11.4 Å². The molecule has 0 saturated heterocycles. The van der Waals surface area contributed by atoms with Gasteiger partial charge in [-0.05, 0) is 24.1 Å². The molecule has 0 aliphatic heterocycles. The second-order valence-electron chi connectivity index (χ2n) is 2.40. The van der Waals surface area contributed by atoms with E-state index >= 15 is 0 Å². The van der Waals surface area contributed by atoms with E-state index in [0.29, 0.717) is 6.42 Å². The predicted molar refractivity (Wildman–Crippen MR) is 45.6 cm³/mol. The largest absolute Gasteiger partial charge is 0.291 e. The van der Waals surface area contributed by atoms with Crippen molar-refractivity contribution in [1.29, 1.82) is 0 Å². The summed E-state index contributed by atoms with van der Waals surface area (Å²) in [7, 11) is 0. The van der Waals surface area contributed by atoms with Crippen molar-refractivity contribution in [3.63, 3.8) is 0 Å². The molecule has 1 radical (unpaired) electrons. The molecule has 0 unspecified atom stereocenters. The summed E-state index contributed by atoms with van der Waals surface area (Å²) in [6.07, 6.45) is 2.18. The molecule has 0 saturated carbocycles. The first-order valence-electron chi connectivity index (χ1n) is 3.34. The van der Waals surface area contributed by atoms with E-state index in [4.69, 9.17) is 11.6 Å².